The van der Waals surface area contributed by atoms with Crippen molar-refractivity contribution in [1.82, 2.24) is 9.80 Å². The zero-order valence-electron chi connectivity index (χ0n) is 22.6. The van der Waals surface area contributed by atoms with Crippen LogP contribution in [0.2, 0.25) is 0 Å². The molecule has 35 heavy (non-hydrogen) atoms. The van der Waals surface area contributed by atoms with Gasteiger partial charge in [-0.1, -0.05) is 33.8 Å². The summed E-state index contributed by atoms with van der Waals surface area (Å²) < 4.78 is 16.5. The predicted molar refractivity (Wildman–Crippen MR) is 138 cm³/mol. The molecule has 1 aromatic heterocycles. The van der Waals surface area contributed by atoms with Crippen molar-refractivity contribution in [3.05, 3.63) is 47.4 Å². The maximum absolute atomic E-state index is 13.5. The highest BCUT2D eigenvalue weighted by molar-refractivity contribution is 5.85. The van der Waals surface area contributed by atoms with Crippen LogP contribution in [0.5, 0.6) is 11.5 Å². The fraction of sp³-hybridized carbons (Fsp3) is 0.571. The molecule has 2 aromatic rings. The number of hydrogen-bond donors (Lipinski definition) is 0. The number of furan rings is 1. The molecule has 7 nitrogen and oxygen atoms in total. The Kier molecular flexibility index (Phi) is 10.2. The van der Waals surface area contributed by atoms with Crippen molar-refractivity contribution in [3.8, 4) is 11.5 Å². The van der Waals surface area contributed by atoms with Gasteiger partial charge in [-0.25, -0.2) is 0 Å². The van der Waals surface area contributed by atoms with Crippen LogP contribution in [-0.4, -0.2) is 55.0 Å². The average molecular weight is 487 g/mol. The molecule has 1 heterocycles. The molecule has 2 rings (SSSR count). The number of amides is 2. The molecular weight excluding hydrogens is 444 g/mol. The van der Waals surface area contributed by atoms with E-state index in [1.807, 2.05) is 71.9 Å². The average Bonchev–Trinajstić information content (AvgIpc) is 3.22. The number of nitrogens with zero attached hydrogens (tertiary/aromatic N) is 2. The number of benzene rings is 1. The van der Waals surface area contributed by atoms with Crippen molar-refractivity contribution in [2.45, 2.75) is 73.4 Å². The van der Waals surface area contributed by atoms with Crippen LogP contribution >= 0.6 is 0 Å². The first kappa shape index (κ1) is 28.3. The van der Waals surface area contributed by atoms with Crippen molar-refractivity contribution in [2.24, 2.45) is 5.41 Å². The van der Waals surface area contributed by atoms with Crippen molar-refractivity contribution in [2.75, 3.05) is 27.3 Å². The van der Waals surface area contributed by atoms with E-state index >= 15 is 0 Å². The van der Waals surface area contributed by atoms with E-state index in [1.54, 1.807) is 24.0 Å². The van der Waals surface area contributed by atoms with Gasteiger partial charge in [-0.2, -0.15) is 0 Å². The van der Waals surface area contributed by atoms with E-state index in [0.29, 0.717) is 37.4 Å². The monoisotopic (exact) mass is 486 g/mol. The van der Waals surface area contributed by atoms with Crippen LogP contribution in [0.4, 0.5) is 0 Å². The van der Waals surface area contributed by atoms with Crippen molar-refractivity contribution < 1.29 is 23.5 Å². The molecule has 0 spiro atoms. The summed E-state index contributed by atoms with van der Waals surface area (Å²) in [7, 11) is 3.21. The van der Waals surface area contributed by atoms with Crippen LogP contribution < -0.4 is 9.47 Å². The highest BCUT2D eigenvalue weighted by Crippen LogP contribution is 2.28. The Morgan fingerprint density at radius 2 is 1.71 bits per heavy atom. The number of hydrogen-bond acceptors (Lipinski definition) is 5. The number of aryl methyl sites for hydroxylation is 1. The summed E-state index contributed by atoms with van der Waals surface area (Å²) >= 11 is 0. The highest BCUT2D eigenvalue weighted by atomic mass is 16.5. The van der Waals surface area contributed by atoms with Crippen LogP contribution in [0.3, 0.4) is 0 Å². The van der Waals surface area contributed by atoms with E-state index in [4.69, 9.17) is 13.9 Å². The molecule has 194 valence electrons. The minimum atomic E-state index is -0.148. The molecular formula is C28H42N2O5. The van der Waals surface area contributed by atoms with Crippen molar-refractivity contribution >= 4 is 11.8 Å². The summed E-state index contributed by atoms with van der Waals surface area (Å²) in [5.74, 6) is 2.75. The van der Waals surface area contributed by atoms with E-state index in [2.05, 4.69) is 0 Å². The maximum Gasteiger partial charge on any atom is 0.242 e. The van der Waals surface area contributed by atoms with E-state index in [9.17, 15) is 9.59 Å². The molecule has 1 aromatic carbocycles. The quantitative estimate of drug-likeness (QED) is 0.410. The molecule has 0 aliphatic rings. The number of ether oxygens (including phenoxy) is 2. The lowest BCUT2D eigenvalue weighted by molar-refractivity contribution is -0.144. The van der Waals surface area contributed by atoms with Gasteiger partial charge in [0.15, 0.2) is 11.5 Å². The summed E-state index contributed by atoms with van der Waals surface area (Å²) in [4.78, 5) is 30.1. The molecule has 7 heteroatoms. The number of carbonyl (C=O) groups is 2. The minimum absolute atomic E-state index is 0.00823. The first-order chi connectivity index (χ1) is 16.5. The lowest BCUT2D eigenvalue weighted by atomic mass is 9.91. The first-order valence-electron chi connectivity index (χ1n) is 12.3. The van der Waals surface area contributed by atoms with Crippen molar-refractivity contribution in [3.63, 3.8) is 0 Å². The van der Waals surface area contributed by atoms with Gasteiger partial charge in [-0.15, -0.1) is 0 Å². The van der Waals surface area contributed by atoms with Crippen LogP contribution in [0.15, 0.2) is 34.7 Å². The van der Waals surface area contributed by atoms with Crippen LogP contribution in [-0.2, 0) is 22.6 Å². The summed E-state index contributed by atoms with van der Waals surface area (Å²) in [5.41, 5.74) is 0.878. The third-order valence-electron chi connectivity index (χ3n) is 6.04. The van der Waals surface area contributed by atoms with Gasteiger partial charge in [0, 0.05) is 19.0 Å². The van der Waals surface area contributed by atoms with Gasteiger partial charge in [0.1, 0.15) is 18.1 Å². The van der Waals surface area contributed by atoms with Gasteiger partial charge in [-0.3, -0.25) is 9.59 Å². The minimum Gasteiger partial charge on any atom is -0.493 e. The molecule has 0 N–H and O–H groups in total. The van der Waals surface area contributed by atoms with Gasteiger partial charge in [-0.05, 0) is 61.9 Å². The normalized spacial score (nSPS) is 12.2. The zero-order chi connectivity index (χ0) is 26.2. The topological polar surface area (TPSA) is 72.2 Å². The number of carbonyl (C=O) groups excluding carboxylic acids is 2. The lowest BCUT2D eigenvalue weighted by Gasteiger charge is -2.33. The van der Waals surface area contributed by atoms with Crippen LogP contribution in [0.25, 0.3) is 0 Å². The van der Waals surface area contributed by atoms with Gasteiger partial charge < -0.3 is 23.7 Å². The summed E-state index contributed by atoms with van der Waals surface area (Å²) in [6, 6.07) is 9.53. The standard InChI is InChI=1S/C28H42N2O5/c1-9-20(2)30(26(31)17-28(4,5)6)19-27(32)29(18-23-12-10-21(3)35-23)15-14-22-11-13-24(33-7)25(16-22)34-8/h10-13,16,20H,9,14-15,17-19H2,1-8H3/t20-/m1/s1. The summed E-state index contributed by atoms with van der Waals surface area (Å²) in [6.45, 7) is 12.9. The van der Waals surface area contributed by atoms with E-state index in [0.717, 1.165) is 23.5 Å². The van der Waals surface area contributed by atoms with Gasteiger partial charge in [0.25, 0.3) is 0 Å². The zero-order valence-corrected chi connectivity index (χ0v) is 22.6. The second kappa shape index (κ2) is 12.7. The van der Waals surface area contributed by atoms with E-state index < -0.39 is 0 Å². The molecule has 0 saturated heterocycles. The first-order valence-corrected chi connectivity index (χ1v) is 12.3. The molecule has 0 aliphatic heterocycles. The molecule has 0 radical (unpaired) electrons. The molecule has 0 unspecified atom stereocenters. The maximum atomic E-state index is 13.5. The number of rotatable bonds is 12. The molecule has 2 amide bonds. The SMILES string of the molecule is CC[C@@H](C)N(CC(=O)N(CCc1ccc(OC)c(OC)c1)Cc1ccc(C)o1)C(=O)CC(C)(C)C. The van der Waals surface area contributed by atoms with Crippen molar-refractivity contribution in [1.29, 1.82) is 0 Å². The van der Waals surface area contributed by atoms with Gasteiger partial charge in [0.2, 0.25) is 11.8 Å². The van der Waals surface area contributed by atoms with Gasteiger partial charge >= 0.3 is 0 Å². The molecule has 0 saturated carbocycles. The fourth-order valence-electron chi connectivity index (χ4n) is 3.86. The molecule has 0 fully saturated rings. The Bertz CT molecular complexity index is 976. The highest BCUT2D eigenvalue weighted by Gasteiger charge is 2.28. The van der Waals surface area contributed by atoms with E-state index in [1.165, 1.54) is 0 Å². The second-order valence-electron chi connectivity index (χ2n) is 10.3. The molecule has 0 aliphatic carbocycles. The van der Waals surface area contributed by atoms with E-state index in [-0.39, 0.29) is 29.8 Å². The third-order valence-corrected chi connectivity index (χ3v) is 6.04. The fourth-order valence-corrected chi connectivity index (χ4v) is 3.86. The summed E-state index contributed by atoms with van der Waals surface area (Å²) in [5, 5.41) is 0. The summed E-state index contributed by atoms with van der Waals surface area (Å²) in [6.07, 6.45) is 1.81. The lowest BCUT2D eigenvalue weighted by Crippen LogP contribution is -2.47. The Hall–Kier alpha value is -2.96. The van der Waals surface area contributed by atoms with Crippen LogP contribution in [0.1, 0.15) is 64.5 Å². The number of methoxy groups -OCH3 is 2. The predicted octanol–water partition coefficient (Wildman–Crippen LogP) is 5.24. The Morgan fingerprint density at radius 3 is 2.26 bits per heavy atom. The second-order valence-corrected chi connectivity index (χ2v) is 10.3. The Labute approximate surface area is 210 Å². The largest absolute Gasteiger partial charge is 0.493 e. The van der Waals surface area contributed by atoms with Crippen LogP contribution in [0, 0.1) is 12.3 Å². The smallest absolute Gasteiger partial charge is 0.242 e. The third kappa shape index (κ3) is 8.64. The molecule has 1 atom stereocenters. The van der Waals surface area contributed by atoms with Gasteiger partial charge in [0.05, 0.1) is 20.8 Å². The Morgan fingerprint density at radius 1 is 1.03 bits per heavy atom. The Balaban J connectivity index is 2.23. The molecule has 0 bridgehead atoms.